The molecule has 3 aromatic rings. The highest BCUT2D eigenvalue weighted by Crippen LogP contribution is 2.44. The smallest absolute Gasteiger partial charge is 0.187 e. The van der Waals surface area contributed by atoms with Gasteiger partial charge in [-0.2, -0.15) is 0 Å². The van der Waals surface area contributed by atoms with Gasteiger partial charge in [0, 0.05) is 10.4 Å². The minimum Gasteiger partial charge on any atom is -0.497 e. The van der Waals surface area contributed by atoms with E-state index in [9.17, 15) is 4.39 Å². The topological polar surface area (TPSA) is 25.4 Å². The van der Waals surface area contributed by atoms with Crippen molar-refractivity contribution in [2.45, 2.75) is 39.2 Å². The van der Waals surface area contributed by atoms with E-state index in [1.807, 2.05) is 31.2 Å². The molecule has 1 aliphatic rings. The van der Waals surface area contributed by atoms with Crippen molar-refractivity contribution in [3.63, 3.8) is 0 Å². The van der Waals surface area contributed by atoms with Crippen molar-refractivity contribution in [1.29, 1.82) is 0 Å². The van der Waals surface area contributed by atoms with Crippen LogP contribution in [0.5, 0.6) is 5.75 Å². The van der Waals surface area contributed by atoms with E-state index in [4.69, 9.17) is 27.7 Å². The minimum absolute atomic E-state index is 0.0293. The molecule has 0 bridgehead atoms. The SMILES string of the molecule is C#CCN(c1nc(-c2ccc(OC)cc2Cl)c(C)s1)C(CC1CC1)c1ccc(C)c(F)c1. The van der Waals surface area contributed by atoms with Crippen LogP contribution >= 0.6 is 22.9 Å². The highest BCUT2D eigenvalue weighted by Gasteiger charge is 2.32. The van der Waals surface area contributed by atoms with E-state index in [1.54, 1.807) is 37.5 Å². The van der Waals surface area contributed by atoms with Crippen LogP contribution in [-0.4, -0.2) is 18.6 Å². The third-order valence-electron chi connectivity index (χ3n) is 5.93. The highest BCUT2D eigenvalue weighted by molar-refractivity contribution is 7.16. The zero-order chi connectivity index (χ0) is 22.8. The van der Waals surface area contributed by atoms with Crippen molar-refractivity contribution < 1.29 is 9.13 Å². The van der Waals surface area contributed by atoms with Crippen molar-refractivity contribution >= 4 is 28.1 Å². The van der Waals surface area contributed by atoms with Gasteiger partial charge in [0.15, 0.2) is 5.13 Å². The Kier molecular flexibility index (Phi) is 6.74. The van der Waals surface area contributed by atoms with Gasteiger partial charge in [-0.25, -0.2) is 9.37 Å². The summed E-state index contributed by atoms with van der Waals surface area (Å²) in [5, 5.41) is 1.41. The van der Waals surface area contributed by atoms with Gasteiger partial charge >= 0.3 is 0 Å². The molecule has 2 aromatic carbocycles. The molecule has 166 valence electrons. The molecule has 0 spiro atoms. The van der Waals surface area contributed by atoms with Crippen LogP contribution in [0.25, 0.3) is 11.3 Å². The molecular formula is C26H26ClFN2OS. The number of nitrogens with zero attached hydrogens (tertiary/aromatic N) is 2. The molecule has 0 aliphatic heterocycles. The number of halogens is 2. The predicted molar refractivity (Wildman–Crippen MR) is 131 cm³/mol. The fourth-order valence-electron chi connectivity index (χ4n) is 3.91. The molecule has 0 saturated heterocycles. The first kappa shape index (κ1) is 22.6. The molecular weight excluding hydrogens is 443 g/mol. The minimum atomic E-state index is -0.190. The van der Waals surface area contributed by atoms with E-state index in [1.165, 1.54) is 12.8 Å². The molecule has 1 saturated carbocycles. The van der Waals surface area contributed by atoms with E-state index in [0.717, 1.165) is 33.3 Å². The first-order valence-electron chi connectivity index (χ1n) is 10.7. The molecule has 0 amide bonds. The standard InChI is InChI=1S/C26H26ClFN2OS/c1-5-12-30(24(13-18-7-8-18)19-9-6-16(2)23(28)14-19)26-29-25(17(3)32-26)21-11-10-20(31-4)15-22(21)27/h1,6,9-11,14-15,18,24H,7-8,12-13H2,2-4H3. The van der Waals surface area contributed by atoms with Crippen LogP contribution in [0.2, 0.25) is 5.02 Å². The third-order valence-corrected chi connectivity index (χ3v) is 7.26. The Morgan fingerprint density at radius 2 is 2.06 bits per heavy atom. The number of rotatable bonds is 8. The third kappa shape index (κ3) is 4.77. The molecule has 0 radical (unpaired) electrons. The lowest BCUT2D eigenvalue weighted by molar-refractivity contribution is 0.415. The number of anilines is 1. The maximum absolute atomic E-state index is 14.4. The Balaban J connectivity index is 1.74. The van der Waals surface area contributed by atoms with Gasteiger partial charge in [-0.1, -0.05) is 42.5 Å². The molecule has 32 heavy (non-hydrogen) atoms. The summed E-state index contributed by atoms with van der Waals surface area (Å²) in [5.41, 5.74) is 3.27. The molecule has 4 rings (SSSR count). The van der Waals surface area contributed by atoms with E-state index in [0.29, 0.717) is 28.8 Å². The normalized spacial score (nSPS) is 14.1. The Bertz CT molecular complexity index is 1170. The zero-order valence-electron chi connectivity index (χ0n) is 18.5. The Morgan fingerprint density at radius 3 is 2.69 bits per heavy atom. The van der Waals surface area contributed by atoms with Gasteiger partial charge in [-0.05, 0) is 61.6 Å². The van der Waals surface area contributed by atoms with Crippen LogP contribution in [0, 0.1) is 37.9 Å². The van der Waals surface area contributed by atoms with Gasteiger partial charge in [0.25, 0.3) is 0 Å². The van der Waals surface area contributed by atoms with Crippen molar-refractivity contribution in [2.75, 3.05) is 18.6 Å². The van der Waals surface area contributed by atoms with Crippen LogP contribution in [0.4, 0.5) is 9.52 Å². The second kappa shape index (κ2) is 9.52. The number of terminal acetylenes is 1. The lowest BCUT2D eigenvalue weighted by Gasteiger charge is -2.31. The maximum Gasteiger partial charge on any atom is 0.187 e. The Labute approximate surface area is 198 Å². The van der Waals surface area contributed by atoms with Crippen LogP contribution in [0.1, 0.15) is 41.3 Å². The summed E-state index contributed by atoms with van der Waals surface area (Å²) in [5.74, 6) is 3.94. The van der Waals surface area contributed by atoms with Gasteiger partial charge in [0.05, 0.1) is 30.4 Å². The van der Waals surface area contributed by atoms with Gasteiger partial charge in [-0.15, -0.1) is 17.8 Å². The quantitative estimate of drug-likeness (QED) is 0.326. The number of thiazole rings is 1. The number of aryl methyl sites for hydroxylation is 2. The predicted octanol–water partition coefficient (Wildman–Crippen LogP) is 7.21. The number of hydrogen-bond acceptors (Lipinski definition) is 4. The second-order valence-electron chi connectivity index (χ2n) is 8.28. The maximum atomic E-state index is 14.4. The summed E-state index contributed by atoms with van der Waals surface area (Å²) in [4.78, 5) is 8.15. The van der Waals surface area contributed by atoms with Gasteiger partial charge in [-0.3, -0.25) is 0 Å². The van der Waals surface area contributed by atoms with E-state index in [-0.39, 0.29) is 11.9 Å². The van der Waals surface area contributed by atoms with Crippen molar-refractivity contribution in [3.05, 3.63) is 63.2 Å². The number of aromatic nitrogens is 1. The van der Waals surface area contributed by atoms with E-state index >= 15 is 0 Å². The molecule has 1 fully saturated rings. The van der Waals surface area contributed by atoms with E-state index < -0.39 is 0 Å². The molecule has 1 unspecified atom stereocenters. The first-order chi connectivity index (χ1) is 15.4. The average Bonchev–Trinajstić information content (AvgIpc) is 3.52. The summed E-state index contributed by atoms with van der Waals surface area (Å²) in [6.45, 7) is 4.21. The first-order valence-corrected chi connectivity index (χ1v) is 11.9. The average molecular weight is 469 g/mol. The fourth-order valence-corrected chi connectivity index (χ4v) is 5.14. The zero-order valence-corrected chi connectivity index (χ0v) is 20.1. The lowest BCUT2D eigenvalue weighted by Crippen LogP contribution is -2.29. The highest BCUT2D eigenvalue weighted by atomic mass is 35.5. The second-order valence-corrected chi connectivity index (χ2v) is 9.87. The van der Waals surface area contributed by atoms with Crippen molar-refractivity contribution in [3.8, 4) is 29.4 Å². The number of benzene rings is 2. The number of ether oxygens (including phenoxy) is 1. The molecule has 6 heteroatoms. The Morgan fingerprint density at radius 1 is 1.28 bits per heavy atom. The van der Waals surface area contributed by atoms with Gasteiger partial charge in [0.2, 0.25) is 0 Å². The summed E-state index contributed by atoms with van der Waals surface area (Å²) in [7, 11) is 1.61. The summed E-state index contributed by atoms with van der Waals surface area (Å²) in [6, 6.07) is 11.1. The van der Waals surface area contributed by atoms with E-state index in [2.05, 4.69) is 10.8 Å². The molecule has 0 N–H and O–H groups in total. The van der Waals surface area contributed by atoms with Crippen LogP contribution < -0.4 is 9.64 Å². The van der Waals surface area contributed by atoms with Crippen molar-refractivity contribution in [2.24, 2.45) is 5.92 Å². The lowest BCUT2D eigenvalue weighted by atomic mass is 9.98. The summed E-state index contributed by atoms with van der Waals surface area (Å²) >= 11 is 8.12. The van der Waals surface area contributed by atoms with Crippen LogP contribution in [-0.2, 0) is 0 Å². The number of hydrogen-bond donors (Lipinski definition) is 0. The summed E-state index contributed by atoms with van der Waals surface area (Å²) in [6.07, 6.45) is 9.12. The van der Waals surface area contributed by atoms with Crippen LogP contribution in [0.15, 0.2) is 36.4 Å². The molecule has 1 atom stereocenters. The summed E-state index contributed by atoms with van der Waals surface area (Å²) < 4.78 is 19.7. The fraction of sp³-hybridized carbons (Fsp3) is 0.346. The molecule has 1 aliphatic carbocycles. The molecule has 3 nitrogen and oxygen atoms in total. The van der Waals surface area contributed by atoms with Crippen molar-refractivity contribution in [1.82, 2.24) is 4.98 Å². The van der Waals surface area contributed by atoms with Crippen LogP contribution in [0.3, 0.4) is 0 Å². The monoisotopic (exact) mass is 468 g/mol. The Hall–Kier alpha value is -2.55. The van der Waals surface area contributed by atoms with Gasteiger partial charge < -0.3 is 9.64 Å². The van der Waals surface area contributed by atoms with Gasteiger partial charge in [0.1, 0.15) is 11.6 Å². The number of methoxy groups -OCH3 is 1. The largest absolute Gasteiger partial charge is 0.497 e. The molecule has 1 heterocycles. The molecule has 1 aromatic heterocycles.